The number of piperazine rings is 1. The lowest BCUT2D eigenvalue weighted by molar-refractivity contribution is 0.0912. The maximum Gasteiger partial charge on any atom is 0.253 e. The number of nitrogens with zero attached hydrogens (tertiary/aromatic N) is 2. The van der Waals surface area contributed by atoms with Crippen molar-refractivity contribution in [2.24, 2.45) is 5.92 Å². The second-order valence-electron chi connectivity index (χ2n) is 10.4. The molecule has 2 unspecified atom stereocenters. The Kier molecular flexibility index (Phi) is 4.53. The first-order chi connectivity index (χ1) is 16.5. The number of pyridine rings is 1. The Hall–Kier alpha value is -2.94. The second kappa shape index (κ2) is 7.53. The first-order valence-corrected chi connectivity index (χ1v) is 12.2. The molecule has 0 radical (unpaired) electrons. The van der Waals surface area contributed by atoms with Gasteiger partial charge in [0.05, 0.1) is 17.3 Å². The highest BCUT2D eigenvalue weighted by Crippen LogP contribution is 2.52. The Morgan fingerprint density at radius 2 is 2.03 bits per heavy atom. The lowest BCUT2D eigenvalue weighted by atomic mass is 9.99. The van der Waals surface area contributed by atoms with Gasteiger partial charge >= 0.3 is 0 Å². The predicted octanol–water partition coefficient (Wildman–Crippen LogP) is 2.56. The largest absolute Gasteiger partial charge is 0.488 e. The summed E-state index contributed by atoms with van der Waals surface area (Å²) in [5.74, 6) is 0.687. The number of amides is 1. The number of fused-ring (bicyclic) bond motifs is 6. The summed E-state index contributed by atoms with van der Waals surface area (Å²) < 4.78 is 36.2. The maximum absolute atomic E-state index is 15.4. The average Bonchev–Trinajstić information content (AvgIpc) is 3.58. The molecule has 7 rings (SSSR count). The number of carbonyl (C=O) groups is 1. The molecular weight excluding hydrogens is 440 g/mol. The van der Waals surface area contributed by atoms with Crippen LogP contribution in [-0.4, -0.2) is 55.3 Å². The number of hydrogen-bond acceptors (Lipinski definition) is 6. The van der Waals surface area contributed by atoms with Crippen molar-refractivity contribution in [3.8, 4) is 5.75 Å². The minimum absolute atomic E-state index is 0.0207. The summed E-state index contributed by atoms with van der Waals surface area (Å²) in [5, 5.41) is 9.75. The molecule has 1 amide bonds. The topological polar surface area (TPSA) is 78.5 Å². The number of nitrogens with one attached hydrogen (secondary N) is 3. The van der Waals surface area contributed by atoms with Crippen molar-refractivity contribution >= 4 is 17.4 Å². The van der Waals surface area contributed by atoms with Crippen LogP contribution in [0.3, 0.4) is 0 Å². The third-order valence-electron chi connectivity index (χ3n) is 8.06. The summed E-state index contributed by atoms with van der Waals surface area (Å²) in [5.41, 5.74) is 2.03. The van der Waals surface area contributed by atoms with Crippen LogP contribution in [0, 0.1) is 17.6 Å². The summed E-state index contributed by atoms with van der Waals surface area (Å²) in [7, 11) is 0. The molecule has 5 atom stereocenters. The summed E-state index contributed by atoms with van der Waals surface area (Å²) in [6, 6.07) is 3.38. The summed E-state index contributed by atoms with van der Waals surface area (Å²) >= 11 is 0. The van der Waals surface area contributed by atoms with Gasteiger partial charge in [-0.1, -0.05) is 0 Å². The number of halogens is 2. The Morgan fingerprint density at radius 1 is 1.21 bits per heavy atom. The van der Waals surface area contributed by atoms with E-state index in [1.54, 1.807) is 6.20 Å². The standard InChI is InChI=1S/C25H27F2N5O2/c26-20-6-21(32-9-14-1-2-15(10-32)30-14)22(27)23-19(20)5-16(11-34-23)31-25(33)13-4-18-17-3-12(17)7-28-24(18)29-8-13/h4,6,8,12,14-17,30H,1-3,5,7,9-11H2,(H,28,29)(H,31,33)/t12-,14?,15?,16+,17-/m0/s1. The van der Waals surface area contributed by atoms with Gasteiger partial charge in [-0.2, -0.15) is 0 Å². The van der Waals surface area contributed by atoms with Gasteiger partial charge in [-0.15, -0.1) is 0 Å². The Balaban J connectivity index is 1.08. The predicted molar refractivity (Wildman–Crippen MR) is 123 cm³/mol. The quantitative estimate of drug-likeness (QED) is 0.644. The monoisotopic (exact) mass is 467 g/mol. The molecule has 1 aliphatic carbocycles. The van der Waals surface area contributed by atoms with Crippen LogP contribution in [0.15, 0.2) is 18.3 Å². The van der Waals surface area contributed by atoms with Gasteiger partial charge in [-0.3, -0.25) is 4.79 Å². The van der Waals surface area contributed by atoms with Gasteiger partial charge in [0.25, 0.3) is 5.91 Å². The van der Waals surface area contributed by atoms with Crippen molar-refractivity contribution in [1.29, 1.82) is 0 Å². The van der Waals surface area contributed by atoms with Crippen molar-refractivity contribution in [1.82, 2.24) is 15.6 Å². The van der Waals surface area contributed by atoms with Crippen LogP contribution in [0.4, 0.5) is 20.3 Å². The van der Waals surface area contributed by atoms with Gasteiger partial charge in [-0.25, -0.2) is 13.8 Å². The minimum atomic E-state index is -0.507. The van der Waals surface area contributed by atoms with Gasteiger partial charge in [0.2, 0.25) is 0 Å². The maximum atomic E-state index is 15.4. The van der Waals surface area contributed by atoms with Crippen molar-refractivity contribution in [3.05, 3.63) is 46.7 Å². The van der Waals surface area contributed by atoms with E-state index in [4.69, 9.17) is 4.74 Å². The van der Waals surface area contributed by atoms with E-state index in [-0.39, 0.29) is 35.9 Å². The van der Waals surface area contributed by atoms with Gasteiger partial charge < -0.3 is 25.6 Å². The Bertz CT molecular complexity index is 1180. The molecule has 2 aromatic rings. The van der Waals surface area contributed by atoms with Crippen LogP contribution in [0.1, 0.15) is 46.7 Å². The molecule has 3 fully saturated rings. The first-order valence-electron chi connectivity index (χ1n) is 12.2. The highest BCUT2D eigenvalue weighted by Gasteiger charge is 2.43. The van der Waals surface area contributed by atoms with Gasteiger partial charge in [0.15, 0.2) is 11.6 Å². The highest BCUT2D eigenvalue weighted by atomic mass is 19.1. The Morgan fingerprint density at radius 3 is 2.85 bits per heavy atom. The number of rotatable bonds is 3. The van der Waals surface area contributed by atoms with E-state index < -0.39 is 17.7 Å². The molecule has 2 saturated heterocycles. The molecule has 2 bridgehead atoms. The van der Waals surface area contributed by atoms with Crippen molar-refractivity contribution in [2.75, 3.05) is 36.5 Å². The molecule has 1 saturated carbocycles. The minimum Gasteiger partial charge on any atom is -0.488 e. The fraction of sp³-hybridized carbons (Fsp3) is 0.520. The molecule has 1 aromatic heterocycles. The van der Waals surface area contributed by atoms with Gasteiger partial charge in [0.1, 0.15) is 18.2 Å². The molecular formula is C25H27F2N5O2. The van der Waals surface area contributed by atoms with Crippen molar-refractivity contribution < 1.29 is 18.3 Å². The second-order valence-corrected chi connectivity index (χ2v) is 10.4. The fourth-order valence-corrected chi connectivity index (χ4v) is 6.16. The molecule has 0 spiro atoms. The molecule has 1 aromatic carbocycles. The van der Waals surface area contributed by atoms with E-state index in [1.165, 1.54) is 6.07 Å². The number of anilines is 2. The van der Waals surface area contributed by atoms with Crippen molar-refractivity contribution in [2.45, 2.75) is 49.7 Å². The van der Waals surface area contributed by atoms with E-state index in [2.05, 4.69) is 20.9 Å². The molecule has 178 valence electrons. The molecule has 4 aliphatic heterocycles. The fourth-order valence-electron chi connectivity index (χ4n) is 6.16. The highest BCUT2D eigenvalue weighted by molar-refractivity contribution is 5.94. The van der Waals surface area contributed by atoms with Crippen LogP contribution in [-0.2, 0) is 6.42 Å². The van der Waals surface area contributed by atoms with Gasteiger partial charge in [-0.05, 0) is 42.7 Å². The summed E-state index contributed by atoms with van der Waals surface area (Å²) in [4.78, 5) is 19.3. The molecule has 7 nitrogen and oxygen atoms in total. The van der Waals surface area contributed by atoms with E-state index in [0.29, 0.717) is 42.6 Å². The Labute approximate surface area is 196 Å². The zero-order valence-corrected chi connectivity index (χ0v) is 18.7. The molecule has 3 N–H and O–H groups in total. The third kappa shape index (κ3) is 3.32. The molecule has 34 heavy (non-hydrogen) atoms. The molecule has 9 heteroatoms. The van der Waals surface area contributed by atoms with Gasteiger partial charge in [0, 0.05) is 56.0 Å². The smallest absolute Gasteiger partial charge is 0.253 e. The molecule has 5 heterocycles. The number of hydrogen-bond donors (Lipinski definition) is 3. The summed E-state index contributed by atoms with van der Waals surface area (Å²) in [6.07, 6.45) is 5.00. The number of aromatic nitrogens is 1. The average molecular weight is 468 g/mol. The van der Waals surface area contributed by atoms with Crippen LogP contribution in [0.5, 0.6) is 5.75 Å². The normalized spacial score (nSPS) is 30.4. The lowest BCUT2D eigenvalue weighted by Gasteiger charge is -2.36. The number of benzene rings is 1. The van der Waals surface area contributed by atoms with Crippen LogP contribution < -0.4 is 25.6 Å². The van der Waals surface area contributed by atoms with Crippen LogP contribution in [0.2, 0.25) is 0 Å². The molecule has 5 aliphatic rings. The number of ether oxygens (including phenoxy) is 1. The van der Waals surface area contributed by atoms with Crippen LogP contribution in [0.25, 0.3) is 0 Å². The first kappa shape index (κ1) is 20.4. The van der Waals surface area contributed by atoms with Crippen molar-refractivity contribution in [3.63, 3.8) is 0 Å². The zero-order chi connectivity index (χ0) is 23.0. The third-order valence-corrected chi connectivity index (χ3v) is 8.06. The van der Waals surface area contributed by atoms with Crippen LogP contribution >= 0.6 is 0 Å². The zero-order valence-electron chi connectivity index (χ0n) is 18.7. The van der Waals surface area contributed by atoms with E-state index in [9.17, 15) is 4.79 Å². The summed E-state index contributed by atoms with van der Waals surface area (Å²) in [6.45, 7) is 2.36. The SMILES string of the molecule is O=C(N[C@H]1COc2c(F)c(N3CC4CCC(C3)N4)cc(F)c2C1)c1cnc2c(c1)[C@H]1C[C@H]1CN2. The van der Waals surface area contributed by atoms with E-state index in [1.807, 2.05) is 11.0 Å². The van der Waals surface area contributed by atoms with E-state index >= 15 is 8.78 Å². The van der Waals surface area contributed by atoms with E-state index in [0.717, 1.165) is 37.2 Å². The number of carbonyl (C=O) groups excluding carboxylic acids is 1. The lowest BCUT2D eigenvalue weighted by Crippen LogP contribution is -2.51.